The van der Waals surface area contributed by atoms with E-state index in [0.717, 1.165) is 25.9 Å². The lowest BCUT2D eigenvalue weighted by atomic mass is 10.0. The summed E-state index contributed by atoms with van der Waals surface area (Å²) in [7, 11) is 0. The first kappa shape index (κ1) is 12.1. The van der Waals surface area contributed by atoms with Crippen LogP contribution in [0, 0.1) is 0 Å². The lowest BCUT2D eigenvalue weighted by Crippen LogP contribution is -2.39. The van der Waals surface area contributed by atoms with Gasteiger partial charge in [-0.05, 0) is 37.6 Å². The summed E-state index contributed by atoms with van der Waals surface area (Å²) in [5, 5.41) is 5.86. The van der Waals surface area contributed by atoms with Crippen molar-refractivity contribution in [2.75, 3.05) is 6.61 Å². The predicted octanol–water partition coefficient (Wildman–Crippen LogP) is 3.36. The molecule has 1 aliphatic heterocycles. The molecule has 1 aromatic rings. The van der Waals surface area contributed by atoms with Gasteiger partial charge in [0, 0.05) is 23.6 Å². The van der Waals surface area contributed by atoms with E-state index in [9.17, 15) is 0 Å². The average Bonchev–Trinajstić information content (AvgIpc) is 2.83. The van der Waals surface area contributed by atoms with Gasteiger partial charge in [0.1, 0.15) is 0 Å². The molecule has 2 unspecified atom stereocenters. The molecule has 2 heterocycles. The summed E-state index contributed by atoms with van der Waals surface area (Å²) in [6.07, 6.45) is 3.89. The van der Waals surface area contributed by atoms with Gasteiger partial charge in [-0.3, -0.25) is 0 Å². The van der Waals surface area contributed by atoms with Crippen molar-refractivity contribution < 1.29 is 4.74 Å². The van der Waals surface area contributed by atoms with Gasteiger partial charge in [-0.15, -0.1) is 11.3 Å². The number of thiophene rings is 1. The Bertz CT molecular complexity index is 299. The Morgan fingerprint density at radius 2 is 2.50 bits per heavy atom. The van der Waals surface area contributed by atoms with E-state index in [2.05, 4.69) is 36.7 Å². The molecule has 90 valence electrons. The maximum Gasteiger partial charge on any atom is 0.0587 e. The molecule has 2 nitrogen and oxygen atoms in total. The highest BCUT2D eigenvalue weighted by Gasteiger charge is 2.22. The van der Waals surface area contributed by atoms with Crippen LogP contribution in [0.2, 0.25) is 0 Å². The zero-order chi connectivity index (χ0) is 11.4. The fourth-order valence-corrected chi connectivity index (χ4v) is 3.03. The van der Waals surface area contributed by atoms with Crippen LogP contribution in [0.15, 0.2) is 17.5 Å². The van der Waals surface area contributed by atoms with E-state index >= 15 is 0 Å². The Morgan fingerprint density at radius 1 is 1.62 bits per heavy atom. The highest BCUT2D eigenvalue weighted by Crippen LogP contribution is 2.22. The van der Waals surface area contributed by atoms with Gasteiger partial charge in [0.2, 0.25) is 0 Å². The quantitative estimate of drug-likeness (QED) is 0.870. The van der Waals surface area contributed by atoms with Crippen molar-refractivity contribution >= 4 is 11.3 Å². The molecule has 3 atom stereocenters. The van der Waals surface area contributed by atoms with Crippen molar-refractivity contribution in [3.8, 4) is 0 Å². The van der Waals surface area contributed by atoms with Gasteiger partial charge in [-0.25, -0.2) is 0 Å². The zero-order valence-corrected chi connectivity index (χ0v) is 10.9. The number of rotatable bonds is 4. The summed E-state index contributed by atoms with van der Waals surface area (Å²) in [4.78, 5) is 1.43. The molecule has 1 fully saturated rings. The molecule has 0 aromatic carbocycles. The van der Waals surface area contributed by atoms with E-state index in [0.29, 0.717) is 18.2 Å². The second-order valence-corrected chi connectivity index (χ2v) is 5.51. The van der Waals surface area contributed by atoms with Gasteiger partial charge >= 0.3 is 0 Å². The van der Waals surface area contributed by atoms with Crippen molar-refractivity contribution in [3.63, 3.8) is 0 Å². The SMILES string of the molecule is CCC1CC(N[C@H](C)c2cccs2)CCO1. The molecule has 1 aromatic heterocycles. The molecule has 0 radical (unpaired) electrons. The molecule has 2 rings (SSSR count). The topological polar surface area (TPSA) is 21.3 Å². The van der Waals surface area contributed by atoms with Crippen molar-refractivity contribution in [1.82, 2.24) is 5.32 Å². The van der Waals surface area contributed by atoms with Crippen LogP contribution in [0.25, 0.3) is 0 Å². The number of ether oxygens (including phenoxy) is 1. The van der Waals surface area contributed by atoms with Crippen LogP contribution in [0.5, 0.6) is 0 Å². The summed E-state index contributed by atoms with van der Waals surface area (Å²) in [5.74, 6) is 0. The van der Waals surface area contributed by atoms with Crippen LogP contribution in [0.3, 0.4) is 0 Å². The van der Waals surface area contributed by atoms with Crippen LogP contribution in [-0.2, 0) is 4.74 Å². The Balaban J connectivity index is 1.84. The van der Waals surface area contributed by atoms with Crippen LogP contribution < -0.4 is 5.32 Å². The first-order valence-electron chi connectivity index (χ1n) is 6.20. The summed E-state index contributed by atoms with van der Waals surface area (Å²) in [6.45, 7) is 5.37. The molecular formula is C13H21NOS. The van der Waals surface area contributed by atoms with E-state index in [1.165, 1.54) is 4.88 Å². The minimum atomic E-state index is 0.460. The fourth-order valence-electron chi connectivity index (χ4n) is 2.29. The zero-order valence-electron chi connectivity index (χ0n) is 10.1. The fraction of sp³-hybridized carbons (Fsp3) is 0.692. The summed E-state index contributed by atoms with van der Waals surface area (Å²) < 4.78 is 5.69. The van der Waals surface area contributed by atoms with Gasteiger partial charge in [0.05, 0.1) is 6.10 Å². The van der Waals surface area contributed by atoms with Gasteiger partial charge in [-0.2, -0.15) is 0 Å². The predicted molar refractivity (Wildman–Crippen MR) is 68.9 cm³/mol. The molecule has 0 spiro atoms. The van der Waals surface area contributed by atoms with Gasteiger partial charge in [-0.1, -0.05) is 13.0 Å². The van der Waals surface area contributed by atoms with Gasteiger partial charge in [0.25, 0.3) is 0 Å². The molecule has 0 saturated carbocycles. The summed E-state index contributed by atoms with van der Waals surface area (Å²) in [5.41, 5.74) is 0. The third-order valence-electron chi connectivity index (χ3n) is 3.28. The highest BCUT2D eigenvalue weighted by molar-refractivity contribution is 7.10. The average molecular weight is 239 g/mol. The maximum absolute atomic E-state index is 5.69. The Morgan fingerprint density at radius 3 is 3.19 bits per heavy atom. The number of hydrogen-bond donors (Lipinski definition) is 1. The third kappa shape index (κ3) is 3.06. The standard InChI is InChI=1S/C13H21NOS/c1-3-12-9-11(6-7-15-12)14-10(2)13-5-4-8-16-13/h4-5,8,10-12,14H,3,6-7,9H2,1-2H3/t10-,11?,12?/m1/s1. The second-order valence-electron chi connectivity index (χ2n) is 4.53. The minimum Gasteiger partial charge on any atom is -0.378 e. The molecule has 16 heavy (non-hydrogen) atoms. The molecule has 0 aliphatic carbocycles. The smallest absolute Gasteiger partial charge is 0.0587 e. The monoisotopic (exact) mass is 239 g/mol. The molecule has 1 saturated heterocycles. The number of hydrogen-bond acceptors (Lipinski definition) is 3. The normalized spacial score (nSPS) is 27.9. The molecule has 0 amide bonds. The van der Waals surface area contributed by atoms with Crippen LogP contribution >= 0.6 is 11.3 Å². The maximum atomic E-state index is 5.69. The molecule has 1 aliphatic rings. The molecule has 1 N–H and O–H groups in total. The van der Waals surface area contributed by atoms with E-state index in [4.69, 9.17) is 4.74 Å². The van der Waals surface area contributed by atoms with E-state index < -0.39 is 0 Å². The summed E-state index contributed by atoms with van der Waals surface area (Å²) >= 11 is 1.83. The first-order chi connectivity index (χ1) is 7.79. The van der Waals surface area contributed by atoms with E-state index in [1.54, 1.807) is 0 Å². The van der Waals surface area contributed by atoms with Crippen molar-refractivity contribution in [3.05, 3.63) is 22.4 Å². The van der Waals surface area contributed by atoms with Gasteiger partial charge < -0.3 is 10.1 Å². The Kier molecular flexibility index (Phi) is 4.38. The highest BCUT2D eigenvalue weighted by atomic mass is 32.1. The second kappa shape index (κ2) is 5.80. The largest absolute Gasteiger partial charge is 0.378 e. The Labute approximate surface area is 102 Å². The Hall–Kier alpha value is -0.380. The van der Waals surface area contributed by atoms with Crippen molar-refractivity contribution in [2.45, 2.75) is 51.3 Å². The van der Waals surface area contributed by atoms with Crippen LogP contribution in [-0.4, -0.2) is 18.8 Å². The minimum absolute atomic E-state index is 0.460. The molecular weight excluding hydrogens is 218 g/mol. The van der Waals surface area contributed by atoms with Crippen molar-refractivity contribution in [1.29, 1.82) is 0 Å². The molecule has 0 bridgehead atoms. The first-order valence-corrected chi connectivity index (χ1v) is 7.08. The summed E-state index contributed by atoms with van der Waals surface area (Å²) in [6, 6.07) is 5.42. The third-order valence-corrected chi connectivity index (χ3v) is 4.33. The molecule has 3 heteroatoms. The van der Waals surface area contributed by atoms with E-state index in [1.807, 2.05) is 11.3 Å². The van der Waals surface area contributed by atoms with Gasteiger partial charge in [0.15, 0.2) is 0 Å². The van der Waals surface area contributed by atoms with Crippen LogP contribution in [0.4, 0.5) is 0 Å². The lowest BCUT2D eigenvalue weighted by Gasteiger charge is -2.31. The van der Waals surface area contributed by atoms with E-state index in [-0.39, 0.29) is 0 Å². The van der Waals surface area contributed by atoms with Crippen molar-refractivity contribution in [2.24, 2.45) is 0 Å². The lowest BCUT2D eigenvalue weighted by molar-refractivity contribution is -0.00159. The number of nitrogens with one attached hydrogen (secondary N) is 1. The van der Waals surface area contributed by atoms with Crippen LogP contribution in [0.1, 0.15) is 44.0 Å².